The molecule has 0 aliphatic heterocycles. The summed E-state index contributed by atoms with van der Waals surface area (Å²) in [5.74, 6) is -1.66. The molecule has 3 N–H and O–H groups in total. The summed E-state index contributed by atoms with van der Waals surface area (Å²) >= 11 is 1.34. The van der Waals surface area contributed by atoms with Crippen molar-refractivity contribution in [2.24, 2.45) is 0 Å². The van der Waals surface area contributed by atoms with E-state index in [1.807, 2.05) is 13.0 Å². The number of thiophene rings is 1. The molecule has 126 valence electrons. The first kappa shape index (κ1) is 17.7. The number of carbonyl (C=O) groups excluding carboxylic acids is 2. The third-order valence-corrected chi connectivity index (χ3v) is 4.46. The molecule has 2 rings (SSSR count). The van der Waals surface area contributed by atoms with E-state index >= 15 is 0 Å². The van der Waals surface area contributed by atoms with Gasteiger partial charge in [-0.1, -0.05) is 25.1 Å². The Morgan fingerprint density at radius 3 is 2.46 bits per heavy atom. The van der Waals surface area contributed by atoms with Gasteiger partial charge in [-0.3, -0.25) is 14.4 Å². The Morgan fingerprint density at radius 2 is 1.83 bits per heavy atom. The molecular formula is C17H18N2O4S. The first-order valence-electron chi connectivity index (χ1n) is 7.50. The number of hydrogen-bond donors (Lipinski definition) is 3. The molecular weight excluding hydrogens is 328 g/mol. The molecule has 0 saturated heterocycles. The van der Waals surface area contributed by atoms with Crippen LogP contribution in [0.1, 0.15) is 38.9 Å². The summed E-state index contributed by atoms with van der Waals surface area (Å²) in [6, 6.07) is 10.5. The molecule has 0 radical (unpaired) electrons. The van der Waals surface area contributed by atoms with Crippen molar-refractivity contribution in [1.82, 2.24) is 5.32 Å². The maximum absolute atomic E-state index is 12.3. The average Bonchev–Trinajstić information content (AvgIpc) is 2.98. The Labute approximate surface area is 143 Å². The first-order valence-corrected chi connectivity index (χ1v) is 8.32. The minimum atomic E-state index is -0.979. The molecule has 24 heavy (non-hydrogen) atoms. The first-order chi connectivity index (χ1) is 11.5. The number of hydrogen-bond acceptors (Lipinski definition) is 4. The zero-order chi connectivity index (χ0) is 17.5. The van der Waals surface area contributed by atoms with Gasteiger partial charge < -0.3 is 15.7 Å². The molecule has 1 aromatic carbocycles. The van der Waals surface area contributed by atoms with Gasteiger partial charge in [-0.2, -0.15) is 0 Å². The lowest BCUT2D eigenvalue weighted by atomic mass is 10.2. The lowest BCUT2D eigenvalue weighted by Crippen LogP contribution is -2.26. The van der Waals surface area contributed by atoms with Gasteiger partial charge in [-0.25, -0.2) is 0 Å². The van der Waals surface area contributed by atoms with Crippen molar-refractivity contribution in [2.45, 2.75) is 19.8 Å². The van der Waals surface area contributed by atoms with Gasteiger partial charge >= 0.3 is 5.97 Å². The highest BCUT2D eigenvalue weighted by Crippen LogP contribution is 2.29. The number of nitrogens with one attached hydrogen (secondary N) is 2. The van der Waals surface area contributed by atoms with E-state index < -0.39 is 11.9 Å². The van der Waals surface area contributed by atoms with Crippen molar-refractivity contribution in [1.29, 1.82) is 0 Å². The SMILES string of the molecule is CCc1cc(C(=O)NCCC(=O)O)c(NC(=O)c2ccccc2)s1. The second kappa shape index (κ2) is 8.26. The molecule has 0 bridgehead atoms. The highest BCUT2D eigenvalue weighted by molar-refractivity contribution is 7.16. The van der Waals surface area contributed by atoms with Crippen LogP contribution in [0, 0.1) is 0 Å². The van der Waals surface area contributed by atoms with Crippen LogP contribution in [0.25, 0.3) is 0 Å². The molecule has 1 heterocycles. The Bertz CT molecular complexity index is 740. The van der Waals surface area contributed by atoms with Gasteiger partial charge in [0, 0.05) is 17.0 Å². The van der Waals surface area contributed by atoms with E-state index in [-0.39, 0.29) is 18.9 Å². The van der Waals surface area contributed by atoms with Crippen LogP contribution >= 0.6 is 11.3 Å². The fourth-order valence-electron chi connectivity index (χ4n) is 2.02. The lowest BCUT2D eigenvalue weighted by molar-refractivity contribution is -0.136. The third kappa shape index (κ3) is 4.66. The molecule has 0 aliphatic rings. The number of anilines is 1. The van der Waals surface area contributed by atoms with Gasteiger partial charge in [0.2, 0.25) is 0 Å². The van der Waals surface area contributed by atoms with Gasteiger partial charge in [0.1, 0.15) is 5.00 Å². The number of carbonyl (C=O) groups is 3. The van der Waals surface area contributed by atoms with Crippen LogP contribution in [0.5, 0.6) is 0 Å². The number of rotatable bonds is 7. The summed E-state index contributed by atoms with van der Waals surface area (Å²) in [7, 11) is 0. The normalized spacial score (nSPS) is 10.2. The topological polar surface area (TPSA) is 95.5 Å². The fraction of sp³-hybridized carbons (Fsp3) is 0.235. The second-order valence-corrected chi connectivity index (χ2v) is 6.17. The highest BCUT2D eigenvalue weighted by Gasteiger charge is 2.18. The van der Waals surface area contributed by atoms with Crippen molar-refractivity contribution in [3.05, 3.63) is 52.4 Å². The molecule has 7 heteroatoms. The number of carboxylic acid groups (broad SMARTS) is 1. The van der Waals surface area contributed by atoms with E-state index in [0.29, 0.717) is 16.1 Å². The second-order valence-electron chi connectivity index (χ2n) is 5.03. The Balaban J connectivity index is 2.14. The molecule has 2 amide bonds. The predicted octanol–water partition coefficient (Wildman–Crippen LogP) is 2.77. The summed E-state index contributed by atoms with van der Waals surface area (Å²) in [5, 5.41) is 14.4. The maximum Gasteiger partial charge on any atom is 0.305 e. The van der Waals surface area contributed by atoms with Crippen LogP contribution in [0.3, 0.4) is 0 Å². The quantitative estimate of drug-likeness (QED) is 0.718. The number of aliphatic carboxylic acids is 1. The van der Waals surface area contributed by atoms with E-state index in [4.69, 9.17) is 5.11 Å². The van der Waals surface area contributed by atoms with E-state index in [2.05, 4.69) is 10.6 Å². The van der Waals surface area contributed by atoms with Crippen molar-refractivity contribution in [3.8, 4) is 0 Å². The Hall–Kier alpha value is -2.67. The molecule has 2 aromatic rings. The summed E-state index contributed by atoms with van der Waals surface area (Å²) in [4.78, 5) is 36.0. The van der Waals surface area contributed by atoms with Gasteiger partial charge in [-0.15, -0.1) is 11.3 Å². The van der Waals surface area contributed by atoms with Crippen LogP contribution < -0.4 is 10.6 Å². The monoisotopic (exact) mass is 346 g/mol. The molecule has 0 fully saturated rings. The van der Waals surface area contributed by atoms with Gasteiger partial charge in [0.15, 0.2) is 0 Å². The predicted molar refractivity (Wildman–Crippen MR) is 92.7 cm³/mol. The molecule has 0 aliphatic carbocycles. The van der Waals surface area contributed by atoms with Crippen LogP contribution in [-0.2, 0) is 11.2 Å². The zero-order valence-electron chi connectivity index (χ0n) is 13.2. The van der Waals surface area contributed by atoms with Crippen LogP contribution in [0.15, 0.2) is 36.4 Å². The van der Waals surface area contributed by atoms with Crippen molar-refractivity contribution >= 4 is 34.1 Å². The van der Waals surface area contributed by atoms with Gasteiger partial charge in [0.05, 0.1) is 12.0 Å². The van der Waals surface area contributed by atoms with E-state index in [0.717, 1.165) is 11.3 Å². The molecule has 0 atom stereocenters. The third-order valence-electron chi connectivity index (χ3n) is 3.26. The van der Waals surface area contributed by atoms with Crippen molar-refractivity contribution < 1.29 is 19.5 Å². The molecule has 0 unspecified atom stereocenters. The highest BCUT2D eigenvalue weighted by atomic mass is 32.1. The molecule has 0 spiro atoms. The number of aryl methyl sites for hydroxylation is 1. The molecule has 6 nitrogen and oxygen atoms in total. The summed E-state index contributed by atoms with van der Waals surface area (Å²) < 4.78 is 0. The standard InChI is InChI=1S/C17H18N2O4S/c1-2-12-10-13(16(23)18-9-8-14(20)21)17(24-12)19-15(22)11-6-4-3-5-7-11/h3-7,10H,2,8-9H2,1H3,(H,18,23)(H,19,22)(H,20,21). The van der Waals surface area contributed by atoms with Crippen LogP contribution in [-0.4, -0.2) is 29.4 Å². The Kier molecular flexibility index (Phi) is 6.08. The summed E-state index contributed by atoms with van der Waals surface area (Å²) in [5.41, 5.74) is 0.854. The number of amides is 2. The van der Waals surface area contributed by atoms with Crippen molar-refractivity contribution in [3.63, 3.8) is 0 Å². The van der Waals surface area contributed by atoms with Gasteiger partial charge in [-0.05, 0) is 24.6 Å². The van der Waals surface area contributed by atoms with Gasteiger partial charge in [0.25, 0.3) is 11.8 Å². The van der Waals surface area contributed by atoms with Crippen LogP contribution in [0.2, 0.25) is 0 Å². The molecule has 1 aromatic heterocycles. The lowest BCUT2D eigenvalue weighted by Gasteiger charge is -2.07. The van der Waals surface area contributed by atoms with Crippen LogP contribution in [0.4, 0.5) is 5.00 Å². The largest absolute Gasteiger partial charge is 0.481 e. The number of benzene rings is 1. The zero-order valence-corrected chi connectivity index (χ0v) is 14.0. The van der Waals surface area contributed by atoms with E-state index in [1.165, 1.54) is 11.3 Å². The Morgan fingerprint density at radius 1 is 1.12 bits per heavy atom. The average molecular weight is 346 g/mol. The summed E-state index contributed by atoms with van der Waals surface area (Å²) in [6.07, 6.45) is 0.587. The minimum absolute atomic E-state index is 0.0392. The van der Waals surface area contributed by atoms with E-state index in [1.54, 1.807) is 30.3 Å². The number of carboxylic acids is 1. The van der Waals surface area contributed by atoms with E-state index in [9.17, 15) is 14.4 Å². The molecule has 0 saturated carbocycles. The fourth-order valence-corrected chi connectivity index (χ4v) is 3.01. The van der Waals surface area contributed by atoms with Crippen molar-refractivity contribution in [2.75, 3.05) is 11.9 Å². The maximum atomic E-state index is 12.3. The minimum Gasteiger partial charge on any atom is -0.481 e. The smallest absolute Gasteiger partial charge is 0.305 e. The summed E-state index contributed by atoms with van der Waals surface area (Å²) in [6.45, 7) is 2.00.